The molecule has 0 radical (unpaired) electrons. The van der Waals surface area contributed by atoms with Crippen LogP contribution in [0.5, 0.6) is 0 Å². The first-order valence-corrected chi connectivity index (χ1v) is 10.2. The maximum absolute atomic E-state index is 12.5. The van der Waals surface area contributed by atoms with E-state index >= 15 is 0 Å². The number of rotatable bonds is 6. The molecule has 0 atom stereocenters. The molecule has 2 aromatic heterocycles. The summed E-state index contributed by atoms with van der Waals surface area (Å²) in [7, 11) is 0. The molecular formula is C23H24N8O. The smallest absolute Gasteiger partial charge is 0.255 e. The Hall–Kier alpha value is -4.27. The highest BCUT2D eigenvalue weighted by atomic mass is 16.1. The Balaban J connectivity index is 1.49. The van der Waals surface area contributed by atoms with Crippen molar-refractivity contribution in [2.45, 2.75) is 26.8 Å². The SMILES string of the molecule is Cc1ncc(-c2ncnc(Nc3ccc(C(=O)Nc4ccccc4N)cc3)n2)n1C(C)C. The molecule has 9 nitrogen and oxygen atoms in total. The molecule has 0 aliphatic heterocycles. The normalized spacial score (nSPS) is 10.9. The average Bonchev–Trinajstić information content (AvgIpc) is 3.18. The van der Waals surface area contributed by atoms with Crippen molar-refractivity contribution >= 4 is 28.9 Å². The summed E-state index contributed by atoms with van der Waals surface area (Å²) in [6, 6.07) is 14.4. The zero-order chi connectivity index (χ0) is 22.7. The Labute approximate surface area is 185 Å². The van der Waals surface area contributed by atoms with Crippen LogP contribution in [0, 0.1) is 6.92 Å². The standard InChI is InChI=1S/C23H24N8O/c1-14(2)31-15(3)25-12-20(31)21-26-13-27-23(30-21)28-17-10-8-16(9-11-17)22(32)29-19-7-5-4-6-18(19)24/h4-14H,24H2,1-3H3,(H,29,32)(H,26,27,28,30). The third-order valence-electron chi connectivity index (χ3n) is 4.91. The van der Waals surface area contributed by atoms with Crippen LogP contribution in [0.3, 0.4) is 0 Å². The number of aromatic nitrogens is 5. The Morgan fingerprint density at radius 2 is 1.78 bits per heavy atom. The first-order chi connectivity index (χ1) is 15.4. The Bertz CT molecular complexity index is 1250. The number of nitrogens with two attached hydrogens (primary N) is 1. The molecule has 9 heteroatoms. The minimum atomic E-state index is -0.241. The summed E-state index contributed by atoms with van der Waals surface area (Å²) in [5.74, 6) is 1.59. The molecule has 32 heavy (non-hydrogen) atoms. The summed E-state index contributed by atoms with van der Waals surface area (Å²) in [5, 5.41) is 5.96. The third kappa shape index (κ3) is 4.41. The van der Waals surface area contributed by atoms with Gasteiger partial charge in [0.2, 0.25) is 5.95 Å². The summed E-state index contributed by atoms with van der Waals surface area (Å²) in [4.78, 5) is 29.9. The lowest BCUT2D eigenvalue weighted by atomic mass is 10.2. The largest absolute Gasteiger partial charge is 0.397 e. The van der Waals surface area contributed by atoms with Crippen molar-refractivity contribution < 1.29 is 4.79 Å². The summed E-state index contributed by atoms with van der Waals surface area (Å²) < 4.78 is 2.08. The molecule has 2 aromatic carbocycles. The van der Waals surface area contributed by atoms with Crippen LogP contribution in [0.15, 0.2) is 61.1 Å². The van der Waals surface area contributed by atoms with Gasteiger partial charge in [0.25, 0.3) is 5.91 Å². The number of benzene rings is 2. The summed E-state index contributed by atoms with van der Waals surface area (Å²) in [6.45, 7) is 6.12. The van der Waals surface area contributed by atoms with E-state index in [1.165, 1.54) is 6.33 Å². The molecule has 2 heterocycles. The van der Waals surface area contributed by atoms with Gasteiger partial charge >= 0.3 is 0 Å². The molecule has 4 rings (SSSR count). The number of amides is 1. The van der Waals surface area contributed by atoms with Gasteiger partial charge in [0, 0.05) is 17.3 Å². The van der Waals surface area contributed by atoms with E-state index in [4.69, 9.17) is 5.73 Å². The first kappa shape index (κ1) is 21.0. The zero-order valence-electron chi connectivity index (χ0n) is 18.1. The molecule has 0 aliphatic carbocycles. The fraction of sp³-hybridized carbons (Fsp3) is 0.174. The van der Waals surface area contributed by atoms with Gasteiger partial charge in [0.15, 0.2) is 5.82 Å². The van der Waals surface area contributed by atoms with Gasteiger partial charge in [-0.25, -0.2) is 15.0 Å². The fourth-order valence-corrected chi connectivity index (χ4v) is 3.39. The summed E-state index contributed by atoms with van der Waals surface area (Å²) >= 11 is 0. The Kier molecular flexibility index (Phi) is 5.80. The molecule has 0 saturated heterocycles. The van der Waals surface area contributed by atoms with Crippen LogP contribution in [-0.4, -0.2) is 30.4 Å². The van der Waals surface area contributed by atoms with E-state index in [-0.39, 0.29) is 11.9 Å². The monoisotopic (exact) mass is 428 g/mol. The zero-order valence-corrected chi connectivity index (χ0v) is 18.1. The van der Waals surface area contributed by atoms with Gasteiger partial charge < -0.3 is 20.9 Å². The second kappa shape index (κ2) is 8.84. The highest BCUT2D eigenvalue weighted by molar-refractivity contribution is 6.05. The Morgan fingerprint density at radius 1 is 1.03 bits per heavy atom. The Morgan fingerprint density at radius 3 is 2.50 bits per heavy atom. The molecule has 0 aliphatic rings. The number of nitrogens with zero attached hydrogens (tertiary/aromatic N) is 5. The van der Waals surface area contributed by atoms with Crippen LogP contribution in [0.1, 0.15) is 36.1 Å². The van der Waals surface area contributed by atoms with Crippen molar-refractivity contribution in [2.75, 3.05) is 16.4 Å². The summed E-state index contributed by atoms with van der Waals surface area (Å²) in [5.41, 5.74) is 9.06. The van der Waals surface area contributed by atoms with Crippen LogP contribution >= 0.6 is 0 Å². The van der Waals surface area contributed by atoms with Crippen LogP contribution < -0.4 is 16.4 Å². The molecule has 4 aromatic rings. The van der Waals surface area contributed by atoms with E-state index in [1.807, 2.05) is 19.1 Å². The topological polar surface area (TPSA) is 124 Å². The predicted octanol–water partition coefficient (Wildman–Crippen LogP) is 4.20. The van der Waals surface area contributed by atoms with E-state index in [0.717, 1.165) is 17.2 Å². The van der Waals surface area contributed by atoms with Crippen molar-refractivity contribution in [1.82, 2.24) is 24.5 Å². The minimum Gasteiger partial charge on any atom is -0.397 e. The number of anilines is 4. The van der Waals surface area contributed by atoms with Crippen molar-refractivity contribution in [1.29, 1.82) is 0 Å². The number of hydrogen-bond acceptors (Lipinski definition) is 7. The molecule has 0 fully saturated rings. The second-order valence-electron chi connectivity index (χ2n) is 7.53. The first-order valence-electron chi connectivity index (χ1n) is 10.2. The van der Waals surface area contributed by atoms with E-state index in [9.17, 15) is 4.79 Å². The molecular weight excluding hydrogens is 404 g/mol. The van der Waals surface area contributed by atoms with Gasteiger partial charge in [-0.1, -0.05) is 12.1 Å². The molecule has 4 N–H and O–H groups in total. The number of carbonyl (C=O) groups excluding carboxylic acids is 1. The number of nitrogen functional groups attached to an aromatic ring is 1. The molecule has 1 amide bonds. The number of carbonyl (C=O) groups is 1. The lowest BCUT2D eigenvalue weighted by Crippen LogP contribution is -2.13. The van der Waals surface area contributed by atoms with Crippen LogP contribution in [0.25, 0.3) is 11.5 Å². The predicted molar refractivity (Wildman–Crippen MR) is 125 cm³/mol. The van der Waals surface area contributed by atoms with Gasteiger partial charge in [-0.15, -0.1) is 0 Å². The van der Waals surface area contributed by atoms with Crippen LogP contribution in [0.2, 0.25) is 0 Å². The van der Waals surface area contributed by atoms with E-state index in [2.05, 4.69) is 49.0 Å². The van der Waals surface area contributed by atoms with E-state index in [1.54, 1.807) is 42.6 Å². The van der Waals surface area contributed by atoms with Gasteiger partial charge in [0.1, 0.15) is 17.8 Å². The second-order valence-corrected chi connectivity index (χ2v) is 7.53. The third-order valence-corrected chi connectivity index (χ3v) is 4.91. The van der Waals surface area contributed by atoms with Crippen molar-refractivity contribution in [2.24, 2.45) is 0 Å². The lowest BCUT2D eigenvalue weighted by Gasteiger charge is -2.13. The van der Waals surface area contributed by atoms with Gasteiger partial charge in [-0.2, -0.15) is 4.98 Å². The number of nitrogens with one attached hydrogen (secondary N) is 2. The number of para-hydroxylation sites is 2. The highest BCUT2D eigenvalue weighted by Gasteiger charge is 2.15. The average molecular weight is 429 g/mol. The molecule has 0 spiro atoms. The number of aryl methyl sites for hydroxylation is 1. The minimum absolute atomic E-state index is 0.227. The number of hydrogen-bond donors (Lipinski definition) is 3. The van der Waals surface area contributed by atoms with E-state index in [0.29, 0.717) is 28.7 Å². The van der Waals surface area contributed by atoms with Crippen molar-refractivity contribution in [3.05, 3.63) is 72.4 Å². The fourth-order valence-electron chi connectivity index (χ4n) is 3.39. The lowest BCUT2D eigenvalue weighted by molar-refractivity contribution is 0.102. The van der Waals surface area contributed by atoms with Crippen LogP contribution in [-0.2, 0) is 0 Å². The van der Waals surface area contributed by atoms with E-state index < -0.39 is 0 Å². The highest BCUT2D eigenvalue weighted by Crippen LogP contribution is 2.23. The number of imidazole rings is 1. The molecule has 162 valence electrons. The maximum Gasteiger partial charge on any atom is 0.255 e. The van der Waals surface area contributed by atoms with Crippen molar-refractivity contribution in [3.8, 4) is 11.5 Å². The van der Waals surface area contributed by atoms with Gasteiger partial charge in [0.05, 0.1) is 17.6 Å². The van der Waals surface area contributed by atoms with Gasteiger partial charge in [-0.3, -0.25) is 4.79 Å². The molecule has 0 unspecified atom stereocenters. The quantitative estimate of drug-likeness (QED) is 0.393. The van der Waals surface area contributed by atoms with Gasteiger partial charge in [-0.05, 0) is 57.2 Å². The van der Waals surface area contributed by atoms with Crippen LogP contribution in [0.4, 0.5) is 23.0 Å². The molecule has 0 bridgehead atoms. The maximum atomic E-state index is 12.5. The molecule has 0 saturated carbocycles. The summed E-state index contributed by atoms with van der Waals surface area (Å²) in [6.07, 6.45) is 3.23. The van der Waals surface area contributed by atoms with Crippen molar-refractivity contribution in [3.63, 3.8) is 0 Å².